The lowest BCUT2D eigenvalue weighted by atomic mass is 9.94. The highest BCUT2D eigenvalue weighted by atomic mass is 19.1. The molecule has 1 fully saturated rings. The van der Waals surface area contributed by atoms with Crippen molar-refractivity contribution in [2.45, 2.75) is 44.9 Å². The predicted molar refractivity (Wildman–Crippen MR) is 64.1 cm³/mol. The maximum absolute atomic E-state index is 12.9. The van der Waals surface area contributed by atoms with Gasteiger partial charge in [0.15, 0.2) is 0 Å². The summed E-state index contributed by atoms with van der Waals surface area (Å²) in [6, 6.07) is 1.95. The predicted octanol–water partition coefficient (Wildman–Crippen LogP) is 2.27. The second-order valence-electron chi connectivity index (χ2n) is 5.19. The molecular weight excluding hydrogens is 219 g/mol. The Morgan fingerprint density at radius 1 is 1.53 bits per heavy atom. The first-order valence-electron chi connectivity index (χ1n) is 6.02. The van der Waals surface area contributed by atoms with Crippen LogP contribution < -0.4 is 5.32 Å². The second kappa shape index (κ2) is 5.10. The largest absolute Gasteiger partial charge is 0.375 e. The van der Waals surface area contributed by atoms with Gasteiger partial charge in [0.05, 0.1) is 11.8 Å². The van der Waals surface area contributed by atoms with Crippen LogP contribution in [-0.4, -0.2) is 23.2 Å². The minimum absolute atomic E-state index is 0.0594. The number of hydrogen-bond donors (Lipinski definition) is 1. The number of ether oxygens (including phenoxy) is 1. The van der Waals surface area contributed by atoms with E-state index in [0.717, 1.165) is 25.0 Å². The molecule has 0 spiro atoms. The van der Waals surface area contributed by atoms with Crippen LogP contribution in [0.1, 0.15) is 32.3 Å². The number of rotatable bonds is 3. The number of nitrogens with one attached hydrogen (secondary N) is 1. The minimum atomic E-state index is -0.281. The summed E-state index contributed by atoms with van der Waals surface area (Å²) in [7, 11) is 0. The fourth-order valence-corrected chi connectivity index (χ4v) is 2.22. The molecule has 0 amide bonds. The van der Waals surface area contributed by atoms with Gasteiger partial charge in [-0.15, -0.1) is 0 Å². The Morgan fingerprint density at radius 3 is 3.06 bits per heavy atom. The molecule has 1 aromatic heterocycles. The zero-order valence-corrected chi connectivity index (χ0v) is 10.4. The lowest BCUT2D eigenvalue weighted by molar-refractivity contribution is -0.0630. The van der Waals surface area contributed by atoms with Crippen molar-refractivity contribution in [3.8, 4) is 0 Å². The van der Waals surface area contributed by atoms with Crippen LogP contribution in [0.5, 0.6) is 0 Å². The van der Waals surface area contributed by atoms with Crippen LogP contribution in [0.4, 0.5) is 4.39 Å². The molecule has 1 saturated heterocycles. The third-order valence-corrected chi connectivity index (χ3v) is 3.05. The minimum Gasteiger partial charge on any atom is -0.375 e. The van der Waals surface area contributed by atoms with Crippen molar-refractivity contribution in [3.63, 3.8) is 0 Å². The molecule has 0 radical (unpaired) electrons. The molecule has 1 unspecified atom stereocenters. The molecule has 94 valence electrons. The highest BCUT2D eigenvalue weighted by molar-refractivity contribution is 5.10. The molecule has 0 saturated carbocycles. The maximum atomic E-state index is 12.9. The topological polar surface area (TPSA) is 34.2 Å². The van der Waals surface area contributed by atoms with Gasteiger partial charge in [-0.1, -0.05) is 0 Å². The third kappa shape index (κ3) is 3.75. The number of pyridine rings is 1. The molecule has 1 aliphatic heterocycles. The Hall–Kier alpha value is -1.00. The van der Waals surface area contributed by atoms with Crippen molar-refractivity contribution in [1.29, 1.82) is 0 Å². The van der Waals surface area contributed by atoms with Gasteiger partial charge in [0, 0.05) is 25.4 Å². The monoisotopic (exact) mass is 238 g/mol. The first-order valence-corrected chi connectivity index (χ1v) is 6.02. The van der Waals surface area contributed by atoms with Gasteiger partial charge >= 0.3 is 0 Å². The average Bonchev–Trinajstić information content (AvgIpc) is 2.25. The smallest absolute Gasteiger partial charge is 0.141 e. The Labute approximate surface area is 101 Å². The summed E-state index contributed by atoms with van der Waals surface area (Å²) in [4.78, 5) is 3.84. The average molecular weight is 238 g/mol. The van der Waals surface area contributed by atoms with Crippen LogP contribution in [-0.2, 0) is 11.3 Å². The molecule has 17 heavy (non-hydrogen) atoms. The van der Waals surface area contributed by atoms with Crippen LogP contribution in [0.25, 0.3) is 0 Å². The van der Waals surface area contributed by atoms with Gasteiger partial charge in [0.25, 0.3) is 0 Å². The van der Waals surface area contributed by atoms with Crippen LogP contribution in [0.15, 0.2) is 18.5 Å². The highest BCUT2D eigenvalue weighted by Crippen LogP contribution is 2.24. The molecule has 1 atom stereocenters. The normalized spacial score (nSPS) is 23.6. The lowest BCUT2D eigenvalue weighted by Crippen LogP contribution is -2.43. The zero-order valence-electron chi connectivity index (χ0n) is 10.4. The van der Waals surface area contributed by atoms with E-state index in [1.807, 2.05) is 0 Å². The van der Waals surface area contributed by atoms with E-state index in [-0.39, 0.29) is 11.4 Å². The van der Waals surface area contributed by atoms with Crippen LogP contribution >= 0.6 is 0 Å². The van der Waals surface area contributed by atoms with E-state index in [0.29, 0.717) is 12.6 Å². The summed E-state index contributed by atoms with van der Waals surface area (Å²) in [6.45, 7) is 5.65. The van der Waals surface area contributed by atoms with Crippen molar-refractivity contribution in [2.75, 3.05) is 6.61 Å². The van der Waals surface area contributed by atoms with E-state index in [4.69, 9.17) is 4.74 Å². The molecule has 1 N–H and O–H groups in total. The van der Waals surface area contributed by atoms with E-state index in [2.05, 4.69) is 24.1 Å². The van der Waals surface area contributed by atoms with E-state index >= 15 is 0 Å². The number of hydrogen-bond acceptors (Lipinski definition) is 3. The number of aromatic nitrogens is 1. The van der Waals surface area contributed by atoms with Crippen LogP contribution in [0.2, 0.25) is 0 Å². The van der Waals surface area contributed by atoms with Gasteiger partial charge < -0.3 is 10.1 Å². The van der Waals surface area contributed by atoms with Gasteiger partial charge in [-0.2, -0.15) is 0 Å². The number of nitrogens with zero attached hydrogens (tertiary/aromatic N) is 1. The fraction of sp³-hybridized carbons (Fsp3) is 0.615. The maximum Gasteiger partial charge on any atom is 0.141 e. The third-order valence-electron chi connectivity index (χ3n) is 3.05. The van der Waals surface area contributed by atoms with Gasteiger partial charge in [-0.3, -0.25) is 4.98 Å². The summed E-state index contributed by atoms with van der Waals surface area (Å²) in [6.07, 6.45) is 4.91. The molecule has 0 bridgehead atoms. The molecule has 4 heteroatoms. The van der Waals surface area contributed by atoms with E-state index in [1.165, 1.54) is 12.3 Å². The van der Waals surface area contributed by atoms with Gasteiger partial charge in [-0.25, -0.2) is 4.39 Å². The van der Waals surface area contributed by atoms with Crippen LogP contribution in [0, 0.1) is 5.82 Å². The fourth-order valence-electron chi connectivity index (χ4n) is 2.22. The SMILES string of the molecule is CC1(C)CC(NCc2cncc(F)c2)CCO1. The summed E-state index contributed by atoms with van der Waals surface area (Å²) in [5, 5.41) is 3.43. The summed E-state index contributed by atoms with van der Waals surface area (Å²) in [5.74, 6) is -0.281. The number of halogens is 1. The van der Waals surface area contributed by atoms with Gasteiger partial charge in [0.2, 0.25) is 0 Å². The first-order chi connectivity index (χ1) is 8.05. The van der Waals surface area contributed by atoms with Crippen molar-refractivity contribution >= 4 is 0 Å². The molecule has 1 aromatic rings. The Balaban J connectivity index is 1.86. The van der Waals surface area contributed by atoms with E-state index in [9.17, 15) is 4.39 Å². The molecule has 2 heterocycles. The van der Waals surface area contributed by atoms with Crippen molar-refractivity contribution in [1.82, 2.24) is 10.3 Å². The van der Waals surface area contributed by atoms with Crippen molar-refractivity contribution in [2.24, 2.45) is 0 Å². The van der Waals surface area contributed by atoms with Crippen molar-refractivity contribution < 1.29 is 9.13 Å². The molecular formula is C13H19FN2O. The van der Waals surface area contributed by atoms with Crippen molar-refractivity contribution in [3.05, 3.63) is 29.8 Å². The van der Waals surface area contributed by atoms with E-state index < -0.39 is 0 Å². The van der Waals surface area contributed by atoms with E-state index in [1.54, 1.807) is 6.20 Å². The zero-order chi connectivity index (χ0) is 12.3. The summed E-state index contributed by atoms with van der Waals surface area (Å²) < 4.78 is 18.6. The van der Waals surface area contributed by atoms with Gasteiger partial charge in [-0.05, 0) is 38.3 Å². The molecule has 3 nitrogen and oxygen atoms in total. The quantitative estimate of drug-likeness (QED) is 0.877. The lowest BCUT2D eigenvalue weighted by Gasteiger charge is -2.36. The Morgan fingerprint density at radius 2 is 2.35 bits per heavy atom. The first kappa shape index (κ1) is 12.5. The highest BCUT2D eigenvalue weighted by Gasteiger charge is 2.28. The molecule has 2 rings (SSSR count). The molecule has 1 aliphatic rings. The molecule has 0 aliphatic carbocycles. The summed E-state index contributed by atoms with van der Waals surface area (Å²) >= 11 is 0. The Kier molecular flexibility index (Phi) is 3.74. The second-order valence-corrected chi connectivity index (χ2v) is 5.19. The molecule has 0 aromatic carbocycles. The standard InChI is InChI=1S/C13H19FN2O/c1-13(2)6-12(3-4-17-13)16-8-10-5-11(14)9-15-7-10/h5,7,9,12,16H,3-4,6,8H2,1-2H3. The summed E-state index contributed by atoms with van der Waals surface area (Å²) in [5.41, 5.74) is 0.824. The van der Waals surface area contributed by atoms with Gasteiger partial charge in [0.1, 0.15) is 5.82 Å². The van der Waals surface area contributed by atoms with Crippen LogP contribution in [0.3, 0.4) is 0 Å². The Bertz CT molecular complexity index is 381.